The Bertz CT molecular complexity index is 1020. The summed E-state index contributed by atoms with van der Waals surface area (Å²) in [5.41, 5.74) is 3.68. The number of hydrogen-bond donors (Lipinski definition) is 1. The van der Waals surface area contributed by atoms with E-state index in [2.05, 4.69) is 5.32 Å². The lowest BCUT2D eigenvalue weighted by molar-refractivity contribution is -0.143. The van der Waals surface area contributed by atoms with E-state index >= 15 is 0 Å². The second kappa shape index (κ2) is 8.64. The van der Waals surface area contributed by atoms with Gasteiger partial charge in [-0.3, -0.25) is 14.9 Å². The molecule has 3 aromatic carbocycles. The van der Waals surface area contributed by atoms with Gasteiger partial charge in [0.1, 0.15) is 6.04 Å². The Hall–Kier alpha value is -3.24. The van der Waals surface area contributed by atoms with E-state index in [-0.39, 0.29) is 23.7 Å². The lowest BCUT2D eigenvalue weighted by atomic mass is 9.76. The van der Waals surface area contributed by atoms with Gasteiger partial charge in [-0.2, -0.15) is 0 Å². The summed E-state index contributed by atoms with van der Waals surface area (Å²) < 4.78 is 5.11. The van der Waals surface area contributed by atoms with Crippen molar-refractivity contribution in [2.45, 2.75) is 24.9 Å². The maximum Gasteiger partial charge on any atom is 0.323 e. The first-order valence-corrected chi connectivity index (χ1v) is 10.1. The Balaban J connectivity index is 1.84. The summed E-state index contributed by atoms with van der Waals surface area (Å²) in [4.78, 5) is 26.5. The summed E-state index contributed by atoms with van der Waals surface area (Å²) >= 11 is 0. The van der Waals surface area contributed by atoms with Gasteiger partial charge in [-0.05, 0) is 18.1 Å². The second-order valence-corrected chi connectivity index (χ2v) is 7.75. The number of carbonyl (C=O) groups is 2. The van der Waals surface area contributed by atoms with Crippen molar-refractivity contribution in [1.29, 1.82) is 0 Å². The zero-order chi connectivity index (χ0) is 21.1. The van der Waals surface area contributed by atoms with Crippen LogP contribution in [-0.2, 0) is 9.53 Å². The van der Waals surface area contributed by atoms with Gasteiger partial charge < -0.3 is 4.74 Å². The highest BCUT2D eigenvalue weighted by atomic mass is 16.5. The van der Waals surface area contributed by atoms with Gasteiger partial charge in [-0.25, -0.2) is 0 Å². The molecule has 4 atom stereocenters. The van der Waals surface area contributed by atoms with Crippen LogP contribution in [0.1, 0.15) is 39.0 Å². The lowest BCUT2D eigenvalue weighted by Crippen LogP contribution is -2.36. The number of carbonyl (C=O) groups excluding carboxylic acids is 2. The summed E-state index contributed by atoms with van der Waals surface area (Å²) in [5.74, 6) is -1.11. The molecule has 1 heterocycles. The molecule has 1 saturated heterocycles. The molecule has 0 spiro atoms. The topological polar surface area (TPSA) is 55.4 Å². The molecule has 0 saturated carbocycles. The normalized spacial score (nSPS) is 23.1. The molecule has 1 aliphatic rings. The van der Waals surface area contributed by atoms with Crippen LogP contribution < -0.4 is 5.32 Å². The SMILES string of the molecule is COC(=O)[C@@H]1N[C@@H](c2ccccc2)[C@H](C(=O)c2ccc(C)cc2)[C@H]1c1ccccc1. The van der Waals surface area contributed by atoms with E-state index in [4.69, 9.17) is 4.74 Å². The van der Waals surface area contributed by atoms with Crippen LogP contribution in [0.25, 0.3) is 0 Å². The summed E-state index contributed by atoms with van der Waals surface area (Å²) in [5, 5.41) is 3.42. The van der Waals surface area contributed by atoms with Crippen LogP contribution in [0, 0.1) is 12.8 Å². The van der Waals surface area contributed by atoms with E-state index in [9.17, 15) is 9.59 Å². The minimum atomic E-state index is -0.609. The Labute approximate surface area is 176 Å². The Morgan fingerprint density at radius 3 is 1.93 bits per heavy atom. The van der Waals surface area contributed by atoms with Crippen molar-refractivity contribution in [2.75, 3.05) is 7.11 Å². The predicted octanol–water partition coefficient (Wildman–Crippen LogP) is 4.46. The molecule has 152 valence electrons. The molecule has 0 amide bonds. The van der Waals surface area contributed by atoms with Gasteiger partial charge >= 0.3 is 5.97 Å². The monoisotopic (exact) mass is 399 g/mol. The molecule has 4 nitrogen and oxygen atoms in total. The largest absolute Gasteiger partial charge is 0.468 e. The van der Waals surface area contributed by atoms with Gasteiger partial charge in [-0.1, -0.05) is 90.5 Å². The second-order valence-electron chi connectivity index (χ2n) is 7.75. The van der Waals surface area contributed by atoms with Gasteiger partial charge in [0.05, 0.1) is 13.0 Å². The van der Waals surface area contributed by atoms with Gasteiger partial charge in [-0.15, -0.1) is 0 Å². The number of aryl methyl sites for hydroxylation is 1. The average molecular weight is 399 g/mol. The molecule has 4 heteroatoms. The number of esters is 1. The van der Waals surface area contributed by atoms with Crippen LogP contribution in [0.2, 0.25) is 0 Å². The smallest absolute Gasteiger partial charge is 0.323 e. The van der Waals surface area contributed by atoms with E-state index < -0.39 is 12.0 Å². The number of Topliss-reactive ketones (excluding diaryl/α,β-unsaturated/α-hetero) is 1. The minimum absolute atomic E-state index is 0.0246. The number of ether oxygens (including phenoxy) is 1. The number of hydrogen-bond acceptors (Lipinski definition) is 4. The highest BCUT2D eigenvalue weighted by molar-refractivity contribution is 6.00. The van der Waals surface area contributed by atoms with Gasteiger partial charge in [0.25, 0.3) is 0 Å². The van der Waals surface area contributed by atoms with Crippen molar-refractivity contribution in [1.82, 2.24) is 5.32 Å². The quantitative estimate of drug-likeness (QED) is 0.508. The zero-order valence-electron chi connectivity index (χ0n) is 17.1. The molecule has 0 aromatic heterocycles. The van der Waals surface area contributed by atoms with E-state index in [1.165, 1.54) is 7.11 Å². The van der Waals surface area contributed by atoms with E-state index in [0.29, 0.717) is 5.56 Å². The summed E-state index contributed by atoms with van der Waals surface area (Å²) in [7, 11) is 1.39. The molecule has 1 aliphatic heterocycles. The Morgan fingerprint density at radius 1 is 0.800 bits per heavy atom. The minimum Gasteiger partial charge on any atom is -0.468 e. The third-order valence-electron chi connectivity index (χ3n) is 5.90. The number of benzene rings is 3. The van der Waals surface area contributed by atoms with Crippen molar-refractivity contribution in [3.8, 4) is 0 Å². The molecule has 3 aromatic rings. The third-order valence-corrected chi connectivity index (χ3v) is 5.90. The molecule has 0 aliphatic carbocycles. The molecule has 1 N–H and O–H groups in total. The van der Waals surface area contributed by atoms with Crippen LogP contribution in [0.5, 0.6) is 0 Å². The standard InChI is InChI=1S/C26H25NO3/c1-17-13-15-20(16-14-17)25(28)22-21(18-9-5-3-6-10-18)24(26(29)30-2)27-23(22)19-11-7-4-8-12-19/h3-16,21-24,27H,1-2H3/t21-,22-,23+,24-/m1/s1. The van der Waals surface area contributed by atoms with Crippen molar-refractivity contribution < 1.29 is 14.3 Å². The first-order chi connectivity index (χ1) is 14.6. The van der Waals surface area contributed by atoms with Crippen molar-refractivity contribution >= 4 is 11.8 Å². The molecule has 0 radical (unpaired) electrons. The average Bonchev–Trinajstić information content (AvgIpc) is 3.20. The number of methoxy groups -OCH3 is 1. The first-order valence-electron chi connectivity index (χ1n) is 10.1. The fourth-order valence-electron chi connectivity index (χ4n) is 4.42. The number of nitrogens with one attached hydrogen (secondary N) is 1. The molecule has 30 heavy (non-hydrogen) atoms. The van der Waals surface area contributed by atoms with Gasteiger partial charge in [0, 0.05) is 17.5 Å². The molecule has 1 fully saturated rings. The van der Waals surface area contributed by atoms with Crippen LogP contribution >= 0.6 is 0 Å². The number of rotatable bonds is 5. The summed E-state index contributed by atoms with van der Waals surface area (Å²) in [6.45, 7) is 2.00. The molecule has 4 rings (SSSR count). The van der Waals surface area contributed by atoms with Crippen molar-refractivity contribution in [3.05, 3.63) is 107 Å². The van der Waals surface area contributed by atoms with Crippen LogP contribution in [0.4, 0.5) is 0 Å². The zero-order valence-corrected chi connectivity index (χ0v) is 17.1. The Morgan fingerprint density at radius 2 is 1.37 bits per heavy atom. The highest BCUT2D eigenvalue weighted by Gasteiger charge is 2.51. The van der Waals surface area contributed by atoms with Crippen molar-refractivity contribution in [3.63, 3.8) is 0 Å². The predicted molar refractivity (Wildman–Crippen MR) is 116 cm³/mol. The fraction of sp³-hybridized carbons (Fsp3) is 0.231. The molecule has 0 unspecified atom stereocenters. The summed E-state index contributed by atoms with van der Waals surface area (Å²) in [6.07, 6.45) is 0. The highest BCUT2D eigenvalue weighted by Crippen LogP contribution is 2.45. The fourth-order valence-corrected chi connectivity index (χ4v) is 4.42. The van der Waals surface area contributed by atoms with Crippen LogP contribution in [0.15, 0.2) is 84.9 Å². The maximum atomic E-state index is 13.8. The van der Waals surface area contributed by atoms with E-state index in [1.54, 1.807) is 0 Å². The van der Waals surface area contributed by atoms with Gasteiger partial charge in [0.2, 0.25) is 0 Å². The van der Waals surface area contributed by atoms with Crippen LogP contribution in [0.3, 0.4) is 0 Å². The van der Waals surface area contributed by atoms with Crippen molar-refractivity contribution in [2.24, 2.45) is 5.92 Å². The van der Waals surface area contributed by atoms with E-state index in [1.807, 2.05) is 91.9 Å². The first kappa shape index (κ1) is 20.0. The molecular formula is C26H25NO3. The summed E-state index contributed by atoms with van der Waals surface area (Å²) in [6, 6.07) is 26.3. The molecule has 0 bridgehead atoms. The third kappa shape index (κ3) is 3.79. The number of ketones is 1. The lowest BCUT2D eigenvalue weighted by Gasteiger charge is -2.25. The van der Waals surface area contributed by atoms with E-state index in [0.717, 1.165) is 16.7 Å². The molecular weight excluding hydrogens is 374 g/mol. The Kier molecular flexibility index (Phi) is 5.77. The maximum absolute atomic E-state index is 13.8. The van der Waals surface area contributed by atoms with Crippen LogP contribution in [-0.4, -0.2) is 24.9 Å². The van der Waals surface area contributed by atoms with Gasteiger partial charge in [0.15, 0.2) is 5.78 Å².